The first-order valence-corrected chi connectivity index (χ1v) is 9.24. The normalized spacial score (nSPS) is 14.5. The molecule has 3 aromatic rings. The van der Waals surface area contributed by atoms with Crippen LogP contribution >= 0.6 is 0 Å². The SMILES string of the molecule is COc1cc(OC(F)(F)F)cc(-c2cc(CN3CNC(=O)C3)nn2-c2cccnc2)c1. The summed E-state index contributed by atoms with van der Waals surface area (Å²) in [7, 11) is 1.36. The van der Waals surface area contributed by atoms with Crippen molar-refractivity contribution in [3.05, 3.63) is 54.5 Å². The highest BCUT2D eigenvalue weighted by Crippen LogP contribution is 2.34. The molecule has 31 heavy (non-hydrogen) atoms. The maximum atomic E-state index is 12.8. The summed E-state index contributed by atoms with van der Waals surface area (Å²) in [6.07, 6.45) is -1.64. The molecule has 1 amide bonds. The van der Waals surface area contributed by atoms with Crippen LogP contribution in [0.5, 0.6) is 11.5 Å². The van der Waals surface area contributed by atoms with Crippen LogP contribution in [-0.2, 0) is 11.3 Å². The molecule has 11 heteroatoms. The number of carbonyl (C=O) groups is 1. The van der Waals surface area contributed by atoms with Crippen molar-refractivity contribution in [3.8, 4) is 28.4 Å². The summed E-state index contributed by atoms with van der Waals surface area (Å²) in [4.78, 5) is 17.4. The van der Waals surface area contributed by atoms with Gasteiger partial charge in [0.15, 0.2) is 0 Å². The van der Waals surface area contributed by atoms with Crippen LogP contribution in [0.3, 0.4) is 0 Å². The minimum atomic E-state index is -4.84. The fourth-order valence-corrected chi connectivity index (χ4v) is 3.27. The van der Waals surface area contributed by atoms with Crippen LogP contribution in [0.25, 0.3) is 16.9 Å². The van der Waals surface area contributed by atoms with Gasteiger partial charge in [-0.15, -0.1) is 13.2 Å². The minimum absolute atomic E-state index is 0.0753. The van der Waals surface area contributed by atoms with Crippen molar-refractivity contribution in [1.29, 1.82) is 0 Å². The van der Waals surface area contributed by atoms with E-state index in [-0.39, 0.29) is 18.2 Å². The number of nitrogens with zero attached hydrogens (tertiary/aromatic N) is 4. The predicted molar refractivity (Wildman–Crippen MR) is 103 cm³/mol. The second-order valence-corrected chi connectivity index (χ2v) is 6.83. The first-order valence-electron chi connectivity index (χ1n) is 9.24. The smallest absolute Gasteiger partial charge is 0.497 e. The quantitative estimate of drug-likeness (QED) is 0.644. The number of amides is 1. The second-order valence-electron chi connectivity index (χ2n) is 6.83. The van der Waals surface area contributed by atoms with Crippen LogP contribution in [0.1, 0.15) is 5.69 Å². The Morgan fingerprint density at radius 2 is 2.00 bits per heavy atom. The molecule has 162 valence electrons. The lowest BCUT2D eigenvalue weighted by molar-refractivity contribution is -0.274. The van der Waals surface area contributed by atoms with Gasteiger partial charge in [-0.25, -0.2) is 4.68 Å². The van der Waals surface area contributed by atoms with Gasteiger partial charge < -0.3 is 14.8 Å². The summed E-state index contributed by atoms with van der Waals surface area (Å²) in [5.74, 6) is -0.281. The van der Waals surface area contributed by atoms with Crippen molar-refractivity contribution in [1.82, 2.24) is 25.0 Å². The Balaban J connectivity index is 1.77. The van der Waals surface area contributed by atoms with Gasteiger partial charge in [0.05, 0.1) is 43.6 Å². The maximum Gasteiger partial charge on any atom is 0.573 e. The summed E-state index contributed by atoms with van der Waals surface area (Å²) in [6.45, 7) is 1.03. The lowest BCUT2D eigenvalue weighted by Gasteiger charge is -2.13. The van der Waals surface area contributed by atoms with Gasteiger partial charge in [0, 0.05) is 24.4 Å². The van der Waals surface area contributed by atoms with Gasteiger partial charge in [-0.05, 0) is 30.3 Å². The molecule has 0 unspecified atom stereocenters. The summed E-state index contributed by atoms with van der Waals surface area (Å²) in [6, 6.07) is 9.28. The zero-order chi connectivity index (χ0) is 22.0. The van der Waals surface area contributed by atoms with E-state index in [4.69, 9.17) is 4.74 Å². The molecular formula is C20H18F3N5O3. The van der Waals surface area contributed by atoms with E-state index >= 15 is 0 Å². The monoisotopic (exact) mass is 433 g/mol. The molecule has 1 aliphatic heterocycles. The third kappa shape index (κ3) is 4.94. The van der Waals surface area contributed by atoms with E-state index < -0.39 is 12.1 Å². The molecule has 1 aliphatic rings. The molecule has 0 bridgehead atoms. The summed E-state index contributed by atoms with van der Waals surface area (Å²) in [5, 5.41) is 7.32. The van der Waals surface area contributed by atoms with Crippen molar-refractivity contribution in [3.63, 3.8) is 0 Å². The number of rotatable bonds is 6. The number of nitrogens with one attached hydrogen (secondary N) is 1. The third-order valence-corrected chi connectivity index (χ3v) is 4.55. The van der Waals surface area contributed by atoms with Crippen LogP contribution < -0.4 is 14.8 Å². The molecule has 0 spiro atoms. The zero-order valence-electron chi connectivity index (χ0n) is 16.4. The van der Waals surface area contributed by atoms with Crippen molar-refractivity contribution >= 4 is 5.91 Å². The van der Waals surface area contributed by atoms with Gasteiger partial charge in [-0.2, -0.15) is 5.10 Å². The number of ether oxygens (including phenoxy) is 2. The largest absolute Gasteiger partial charge is 0.573 e. The third-order valence-electron chi connectivity index (χ3n) is 4.55. The van der Waals surface area contributed by atoms with E-state index in [1.54, 1.807) is 41.3 Å². The fourth-order valence-electron chi connectivity index (χ4n) is 3.27. The Morgan fingerprint density at radius 1 is 1.19 bits per heavy atom. The topological polar surface area (TPSA) is 81.5 Å². The number of hydrogen-bond acceptors (Lipinski definition) is 6. The van der Waals surface area contributed by atoms with Gasteiger partial charge in [0.2, 0.25) is 5.91 Å². The number of halogens is 3. The highest BCUT2D eigenvalue weighted by atomic mass is 19.4. The lowest BCUT2D eigenvalue weighted by Crippen LogP contribution is -2.21. The molecule has 1 saturated heterocycles. The van der Waals surface area contributed by atoms with Crippen LogP contribution in [0.15, 0.2) is 48.8 Å². The Morgan fingerprint density at radius 3 is 2.65 bits per heavy atom. The van der Waals surface area contributed by atoms with Gasteiger partial charge in [-0.1, -0.05) is 0 Å². The molecule has 0 saturated carbocycles. The Hall–Kier alpha value is -3.60. The van der Waals surface area contributed by atoms with Crippen LogP contribution in [0.2, 0.25) is 0 Å². The van der Waals surface area contributed by atoms with E-state index in [1.165, 1.54) is 13.2 Å². The molecule has 2 aromatic heterocycles. The number of benzene rings is 1. The fraction of sp³-hybridized carbons (Fsp3) is 0.250. The molecule has 1 aromatic carbocycles. The van der Waals surface area contributed by atoms with Gasteiger partial charge in [0.25, 0.3) is 0 Å². The molecule has 1 N–H and O–H groups in total. The molecule has 1 fully saturated rings. The number of pyridine rings is 1. The highest BCUT2D eigenvalue weighted by molar-refractivity contribution is 5.79. The Labute approximate surface area is 175 Å². The average molecular weight is 433 g/mol. The highest BCUT2D eigenvalue weighted by Gasteiger charge is 2.31. The molecular weight excluding hydrogens is 415 g/mol. The van der Waals surface area contributed by atoms with Crippen LogP contribution in [-0.4, -0.2) is 52.3 Å². The summed E-state index contributed by atoms with van der Waals surface area (Å²) in [5.41, 5.74) is 2.20. The standard InChI is InChI=1S/C20H18F3N5O3/c1-30-16-5-13(6-17(8-16)31-20(21,22)23)18-7-14(10-27-11-19(29)25-12-27)26-28(18)15-3-2-4-24-9-15/h2-9H,10-12H2,1H3,(H,25,29). The molecule has 4 rings (SSSR count). The second kappa shape index (κ2) is 8.26. The Kier molecular flexibility index (Phi) is 5.51. The molecule has 0 radical (unpaired) electrons. The molecule has 8 nitrogen and oxygen atoms in total. The predicted octanol–water partition coefficient (Wildman–Crippen LogP) is 2.73. The van der Waals surface area contributed by atoms with E-state index in [0.717, 1.165) is 6.07 Å². The average Bonchev–Trinajstić information content (AvgIpc) is 3.33. The van der Waals surface area contributed by atoms with Crippen LogP contribution in [0.4, 0.5) is 13.2 Å². The maximum absolute atomic E-state index is 12.8. The minimum Gasteiger partial charge on any atom is -0.497 e. The Bertz CT molecular complexity index is 1090. The van der Waals surface area contributed by atoms with E-state index in [0.29, 0.717) is 35.9 Å². The molecule has 3 heterocycles. The summed E-state index contributed by atoms with van der Waals surface area (Å²) >= 11 is 0. The van der Waals surface area contributed by atoms with E-state index in [2.05, 4.69) is 20.1 Å². The first-order chi connectivity index (χ1) is 14.8. The number of alkyl halides is 3. The van der Waals surface area contributed by atoms with Crippen LogP contribution in [0, 0.1) is 0 Å². The van der Waals surface area contributed by atoms with Crippen molar-refractivity contribution in [2.75, 3.05) is 20.3 Å². The molecule has 0 aliphatic carbocycles. The number of aromatic nitrogens is 3. The number of methoxy groups -OCH3 is 1. The lowest BCUT2D eigenvalue weighted by atomic mass is 10.1. The molecule has 0 atom stereocenters. The summed E-state index contributed by atoms with van der Waals surface area (Å²) < 4.78 is 49.2. The van der Waals surface area contributed by atoms with Gasteiger partial charge in [-0.3, -0.25) is 14.7 Å². The number of carbonyl (C=O) groups excluding carboxylic acids is 1. The van der Waals surface area contributed by atoms with Crippen molar-refractivity contribution in [2.45, 2.75) is 12.9 Å². The van der Waals surface area contributed by atoms with E-state index in [1.807, 2.05) is 4.90 Å². The van der Waals surface area contributed by atoms with Gasteiger partial charge in [0.1, 0.15) is 11.5 Å². The van der Waals surface area contributed by atoms with Crippen molar-refractivity contribution < 1.29 is 27.4 Å². The number of hydrogen-bond donors (Lipinski definition) is 1. The van der Waals surface area contributed by atoms with Gasteiger partial charge >= 0.3 is 6.36 Å². The first kappa shape index (κ1) is 20.7. The zero-order valence-corrected chi connectivity index (χ0v) is 16.4. The van der Waals surface area contributed by atoms with E-state index in [9.17, 15) is 18.0 Å². The van der Waals surface area contributed by atoms with Crippen molar-refractivity contribution in [2.24, 2.45) is 0 Å².